The minimum absolute atomic E-state index is 0.00278. The summed E-state index contributed by atoms with van der Waals surface area (Å²) in [6, 6.07) is -0.634. The molecule has 0 aliphatic carbocycles. The Morgan fingerprint density at radius 1 is 0.466 bits per heavy atom. The van der Waals surface area contributed by atoms with Crippen LogP contribution in [0.4, 0.5) is 0 Å². The number of unbranched alkanes of at least 4 members (excludes halogenated alkanes) is 37. The van der Waals surface area contributed by atoms with Gasteiger partial charge in [-0.15, -0.1) is 0 Å². The Balaban J connectivity index is 3.41. The normalized spacial score (nSPS) is 12.7. The van der Waals surface area contributed by atoms with Crippen LogP contribution in [0.1, 0.15) is 284 Å². The van der Waals surface area contributed by atoms with Gasteiger partial charge in [0.2, 0.25) is 5.91 Å². The fraction of sp³-hybridized carbons (Fsp3) is 0.923. The zero-order valence-electron chi connectivity index (χ0n) is 39.0. The van der Waals surface area contributed by atoms with Crippen LogP contribution in [-0.4, -0.2) is 47.4 Å². The summed E-state index contributed by atoms with van der Waals surface area (Å²) in [5, 5.41) is 22.9. The second kappa shape index (κ2) is 48.3. The van der Waals surface area contributed by atoms with Gasteiger partial charge in [-0.3, -0.25) is 9.59 Å². The van der Waals surface area contributed by atoms with Crippen LogP contribution in [0.5, 0.6) is 0 Å². The molecule has 0 saturated heterocycles. The first-order valence-corrected chi connectivity index (χ1v) is 26.0. The van der Waals surface area contributed by atoms with Gasteiger partial charge in [-0.25, -0.2) is 0 Å². The standard InChI is InChI=1S/C52H101NO5/c1-3-5-7-9-11-13-15-16-17-18-19-20-23-26-30-34-38-42-46-52(57)58-47-43-39-35-31-27-24-21-22-25-29-33-37-41-45-51(56)53-49(48-54)50(55)44-40-36-32-28-14-12-10-8-6-4-2/h40,44,49-50,54-55H,3-39,41-43,45-48H2,1-2H3,(H,53,56)/b44-40+. The van der Waals surface area contributed by atoms with E-state index in [2.05, 4.69) is 19.2 Å². The fourth-order valence-corrected chi connectivity index (χ4v) is 8.05. The molecule has 0 heterocycles. The van der Waals surface area contributed by atoms with Gasteiger partial charge in [-0.05, 0) is 32.1 Å². The molecule has 0 fully saturated rings. The lowest BCUT2D eigenvalue weighted by molar-refractivity contribution is -0.143. The van der Waals surface area contributed by atoms with Crippen molar-refractivity contribution in [3.63, 3.8) is 0 Å². The number of hydrogen-bond donors (Lipinski definition) is 3. The van der Waals surface area contributed by atoms with Crippen LogP contribution in [-0.2, 0) is 14.3 Å². The Bertz CT molecular complexity index is 863. The van der Waals surface area contributed by atoms with Crippen LogP contribution < -0.4 is 5.32 Å². The average Bonchev–Trinajstić information content (AvgIpc) is 3.22. The highest BCUT2D eigenvalue weighted by Crippen LogP contribution is 2.16. The van der Waals surface area contributed by atoms with Crippen LogP contribution >= 0.6 is 0 Å². The zero-order chi connectivity index (χ0) is 42.3. The molecule has 3 N–H and O–H groups in total. The number of nitrogens with one attached hydrogen (secondary N) is 1. The maximum absolute atomic E-state index is 12.4. The summed E-state index contributed by atoms with van der Waals surface area (Å²) >= 11 is 0. The van der Waals surface area contributed by atoms with Crippen LogP contribution in [0.15, 0.2) is 12.2 Å². The molecule has 0 aromatic carbocycles. The van der Waals surface area contributed by atoms with Gasteiger partial charge in [0, 0.05) is 12.8 Å². The van der Waals surface area contributed by atoms with Gasteiger partial charge >= 0.3 is 5.97 Å². The smallest absolute Gasteiger partial charge is 0.305 e. The molecule has 1 amide bonds. The van der Waals surface area contributed by atoms with E-state index in [0.717, 1.165) is 57.8 Å². The molecule has 0 aromatic rings. The van der Waals surface area contributed by atoms with Gasteiger partial charge in [0.15, 0.2) is 0 Å². The summed E-state index contributed by atoms with van der Waals surface area (Å²) in [7, 11) is 0. The first-order valence-electron chi connectivity index (χ1n) is 26.0. The van der Waals surface area contributed by atoms with E-state index in [1.807, 2.05) is 6.08 Å². The highest BCUT2D eigenvalue weighted by molar-refractivity contribution is 5.76. The summed E-state index contributed by atoms with van der Waals surface area (Å²) in [6.45, 7) is 4.87. The van der Waals surface area contributed by atoms with E-state index < -0.39 is 12.1 Å². The molecule has 2 unspecified atom stereocenters. The Hall–Kier alpha value is -1.40. The minimum atomic E-state index is -0.850. The number of amides is 1. The first-order chi connectivity index (χ1) is 28.5. The molecule has 0 aromatic heterocycles. The van der Waals surface area contributed by atoms with Crippen molar-refractivity contribution in [2.75, 3.05) is 13.2 Å². The molecule has 0 aliphatic rings. The van der Waals surface area contributed by atoms with E-state index in [1.54, 1.807) is 6.08 Å². The van der Waals surface area contributed by atoms with E-state index >= 15 is 0 Å². The van der Waals surface area contributed by atoms with Crippen LogP contribution in [0.3, 0.4) is 0 Å². The lowest BCUT2D eigenvalue weighted by atomic mass is 10.0. The van der Waals surface area contributed by atoms with Crippen molar-refractivity contribution in [1.82, 2.24) is 5.32 Å². The average molecular weight is 820 g/mol. The lowest BCUT2D eigenvalue weighted by Gasteiger charge is -2.20. The van der Waals surface area contributed by atoms with Crippen LogP contribution in [0.25, 0.3) is 0 Å². The van der Waals surface area contributed by atoms with Crippen molar-refractivity contribution >= 4 is 11.9 Å². The minimum Gasteiger partial charge on any atom is -0.466 e. The molecule has 0 bridgehead atoms. The van der Waals surface area contributed by atoms with Gasteiger partial charge in [0.1, 0.15) is 0 Å². The number of rotatable bonds is 48. The molecule has 0 saturated carbocycles. The molecule has 0 rings (SSSR count). The molecule has 0 spiro atoms. The maximum atomic E-state index is 12.4. The van der Waals surface area contributed by atoms with Crippen molar-refractivity contribution < 1.29 is 24.5 Å². The second-order valence-corrected chi connectivity index (χ2v) is 17.9. The summed E-state index contributed by atoms with van der Waals surface area (Å²) in [4.78, 5) is 24.4. The Morgan fingerprint density at radius 3 is 1.17 bits per heavy atom. The molecule has 6 heteroatoms. The van der Waals surface area contributed by atoms with E-state index in [4.69, 9.17) is 4.74 Å². The van der Waals surface area contributed by atoms with Crippen molar-refractivity contribution in [3.05, 3.63) is 12.2 Å². The van der Waals surface area contributed by atoms with Gasteiger partial charge in [0.25, 0.3) is 0 Å². The zero-order valence-corrected chi connectivity index (χ0v) is 39.0. The number of carbonyl (C=O) groups excluding carboxylic acids is 2. The number of aliphatic hydroxyl groups is 2. The van der Waals surface area contributed by atoms with Crippen molar-refractivity contribution in [1.29, 1.82) is 0 Å². The monoisotopic (exact) mass is 820 g/mol. The number of allylic oxidation sites excluding steroid dienone is 1. The Kier molecular flexibility index (Phi) is 47.1. The SMILES string of the molecule is CCCCCCCCCC/C=C/C(O)C(CO)NC(=O)CCCCCCCCCCCCCCCOC(=O)CCCCCCCCCCCCCCCCCCCC. The molecule has 2 atom stereocenters. The van der Waals surface area contributed by atoms with Crippen molar-refractivity contribution in [2.24, 2.45) is 0 Å². The predicted octanol–water partition coefficient (Wildman–Crippen LogP) is 15.3. The lowest BCUT2D eigenvalue weighted by Crippen LogP contribution is -2.45. The third-order valence-corrected chi connectivity index (χ3v) is 12.1. The first kappa shape index (κ1) is 56.6. The van der Waals surface area contributed by atoms with E-state index in [0.29, 0.717) is 19.4 Å². The van der Waals surface area contributed by atoms with Gasteiger partial charge in [-0.2, -0.15) is 0 Å². The highest BCUT2D eigenvalue weighted by atomic mass is 16.5. The van der Waals surface area contributed by atoms with Crippen molar-refractivity contribution in [3.8, 4) is 0 Å². The van der Waals surface area contributed by atoms with Gasteiger partial charge in [0.05, 0.1) is 25.4 Å². The fourth-order valence-electron chi connectivity index (χ4n) is 8.05. The summed E-state index contributed by atoms with van der Waals surface area (Å²) in [5.74, 6) is -0.0846. The van der Waals surface area contributed by atoms with Gasteiger partial charge < -0.3 is 20.3 Å². The molecule has 0 aliphatic heterocycles. The third-order valence-electron chi connectivity index (χ3n) is 12.1. The summed E-state index contributed by atoms with van der Waals surface area (Å²) in [6.07, 6.45) is 55.0. The van der Waals surface area contributed by atoms with E-state index in [9.17, 15) is 19.8 Å². The molecule has 6 nitrogen and oxygen atoms in total. The Labute approximate surface area is 361 Å². The number of carbonyl (C=O) groups is 2. The molecular formula is C52H101NO5. The van der Waals surface area contributed by atoms with E-state index in [1.165, 1.54) is 199 Å². The number of ether oxygens (including phenoxy) is 1. The van der Waals surface area contributed by atoms with Crippen LogP contribution in [0.2, 0.25) is 0 Å². The predicted molar refractivity (Wildman–Crippen MR) is 250 cm³/mol. The Morgan fingerprint density at radius 2 is 0.793 bits per heavy atom. The maximum Gasteiger partial charge on any atom is 0.305 e. The van der Waals surface area contributed by atoms with Crippen molar-refractivity contribution in [2.45, 2.75) is 296 Å². The molecular weight excluding hydrogens is 719 g/mol. The largest absolute Gasteiger partial charge is 0.466 e. The highest BCUT2D eigenvalue weighted by Gasteiger charge is 2.18. The topological polar surface area (TPSA) is 95.9 Å². The molecule has 344 valence electrons. The summed E-state index contributed by atoms with van der Waals surface area (Å²) in [5.41, 5.74) is 0. The molecule has 0 radical (unpaired) electrons. The molecule has 58 heavy (non-hydrogen) atoms. The number of esters is 1. The third kappa shape index (κ3) is 44.2. The van der Waals surface area contributed by atoms with Crippen LogP contribution in [0, 0.1) is 0 Å². The summed E-state index contributed by atoms with van der Waals surface area (Å²) < 4.78 is 5.48. The number of hydrogen-bond acceptors (Lipinski definition) is 5. The van der Waals surface area contributed by atoms with Gasteiger partial charge in [-0.1, -0.05) is 251 Å². The second-order valence-electron chi connectivity index (χ2n) is 17.9. The quantitative estimate of drug-likeness (QED) is 0.0323. The number of aliphatic hydroxyl groups excluding tert-OH is 2. The van der Waals surface area contributed by atoms with E-state index in [-0.39, 0.29) is 18.5 Å².